The van der Waals surface area contributed by atoms with E-state index in [1.807, 2.05) is 20.8 Å². The molecule has 2 aliphatic rings. The molecule has 36 heavy (non-hydrogen) atoms. The highest BCUT2D eigenvalue weighted by molar-refractivity contribution is 5.99. The second-order valence-corrected chi connectivity index (χ2v) is 11.4. The molecule has 0 bridgehead atoms. The van der Waals surface area contributed by atoms with Gasteiger partial charge in [0.15, 0.2) is 0 Å². The second kappa shape index (κ2) is 10.7. The molecule has 6 nitrogen and oxygen atoms in total. The molecule has 0 radical (unpaired) electrons. The first-order valence-electron chi connectivity index (χ1n) is 12.7. The Morgan fingerprint density at radius 1 is 1.03 bits per heavy atom. The number of aryl methyl sites for hydroxylation is 1. The molecule has 0 spiro atoms. The molecular formula is C29H40ClN3O3. The van der Waals surface area contributed by atoms with Crippen molar-refractivity contribution in [3.8, 4) is 5.75 Å². The van der Waals surface area contributed by atoms with Crippen molar-refractivity contribution in [3.05, 3.63) is 52.1 Å². The van der Waals surface area contributed by atoms with Crippen molar-refractivity contribution in [3.63, 3.8) is 0 Å². The summed E-state index contributed by atoms with van der Waals surface area (Å²) in [6.07, 6.45) is 3.48. The van der Waals surface area contributed by atoms with Crippen LogP contribution in [0.1, 0.15) is 73.9 Å². The first-order chi connectivity index (χ1) is 16.5. The van der Waals surface area contributed by atoms with Crippen LogP contribution in [0.2, 0.25) is 0 Å². The molecule has 1 saturated heterocycles. The van der Waals surface area contributed by atoms with Gasteiger partial charge in [-0.25, -0.2) is 0 Å². The summed E-state index contributed by atoms with van der Waals surface area (Å²) >= 11 is 0. The molecule has 2 aromatic carbocycles. The molecule has 2 heterocycles. The van der Waals surface area contributed by atoms with Gasteiger partial charge in [-0.2, -0.15) is 0 Å². The van der Waals surface area contributed by atoms with E-state index in [-0.39, 0.29) is 35.4 Å². The number of hydrogen-bond donors (Lipinski definition) is 2. The zero-order valence-electron chi connectivity index (χ0n) is 22.4. The van der Waals surface area contributed by atoms with Crippen LogP contribution in [-0.4, -0.2) is 41.5 Å². The number of rotatable bonds is 4. The van der Waals surface area contributed by atoms with Gasteiger partial charge in [0.2, 0.25) is 5.91 Å². The number of amides is 2. The number of phenols is 1. The molecule has 0 aliphatic carbocycles. The lowest BCUT2D eigenvalue weighted by Crippen LogP contribution is -2.46. The lowest BCUT2D eigenvalue weighted by Gasteiger charge is -2.38. The lowest BCUT2D eigenvalue weighted by molar-refractivity contribution is -0.141. The van der Waals surface area contributed by atoms with Crippen molar-refractivity contribution in [2.75, 3.05) is 29.9 Å². The summed E-state index contributed by atoms with van der Waals surface area (Å²) in [5, 5.41) is 13.4. The van der Waals surface area contributed by atoms with Gasteiger partial charge in [-0.3, -0.25) is 9.59 Å². The average Bonchev–Trinajstić information content (AvgIpc) is 3.33. The van der Waals surface area contributed by atoms with Crippen molar-refractivity contribution in [2.45, 2.75) is 73.3 Å². The van der Waals surface area contributed by atoms with Gasteiger partial charge in [-0.15, -0.1) is 12.4 Å². The van der Waals surface area contributed by atoms with Crippen molar-refractivity contribution in [2.24, 2.45) is 5.41 Å². The number of halogens is 1. The Balaban J connectivity index is 0.00000361. The summed E-state index contributed by atoms with van der Waals surface area (Å²) in [6.45, 7) is 14.3. The van der Waals surface area contributed by atoms with Gasteiger partial charge in [-0.05, 0) is 91.5 Å². The Morgan fingerprint density at radius 3 is 2.33 bits per heavy atom. The quantitative estimate of drug-likeness (QED) is 0.504. The van der Waals surface area contributed by atoms with E-state index in [0.29, 0.717) is 24.2 Å². The topological polar surface area (TPSA) is 72.9 Å². The van der Waals surface area contributed by atoms with Crippen LogP contribution < -0.4 is 10.2 Å². The zero-order valence-corrected chi connectivity index (χ0v) is 23.2. The molecular weight excluding hydrogens is 474 g/mol. The molecule has 4 rings (SSSR count). The van der Waals surface area contributed by atoms with Crippen LogP contribution in [0.25, 0.3) is 0 Å². The lowest BCUT2D eigenvalue weighted by atomic mass is 9.87. The van der Waals surface area contributed by atoms with Crippen molar-refractivity contribution in [1.82, 2.24) is 4.90 Å². The highest BCUT2D eigenvalue weighted by atomic mass is 35.5. The van der Waals surface area contributed by atoms with Gasteiger partial charge in [-0.1, -0.05) is 26.8 Å². The average molecular weight is 514 g/mol. The molecule has 1 atom stereocenters. The molecule has 7 heteroatoms. The molecule has 1 fully saturated rings. The third-order valence-electron chi connectivity index (χ3n) is 7.39. The van der Waals surface area contributed by atoms with Gasteiger partial charge in [0, 0.05) is 37.4 Å². The third kappa shape index (κ3) is 5.64. The van der Waals surface area contributed by atoms with E-state index in [2.05, 4.69) is 49.2 Å². The molecule has 0 aromatic heterocycles. The Morgan fingerprint density at radius 2 is 1.69 bits per heavy atom. The summed E-state index contributed by atoms with van der Waals surface area (Å²) in [6, 6.07) is 7.53. The van der Waals surface area contributed by atoms with Crippen LogP contribution in [0.3, 0.4) is 0 Å². The number of fused-ring (bicyclic) bond motifs is 1. The van der Waals surface area contributed by atoms with Gasteiger partial charge in [0.1, 0.15) is 11.8 Å². The standard InChI is InChI=1S/C29H39N3O3.ClH/c1-18-15-24(19(2)20(3)27(18)34)30-28(35)26-23-16-22(31-12-7-8-13-31)10-9-21(23)11-14-32(26)25(33)17-29(4,5)6;/h9-10,15-16,26,34H,7-8,11-14,17H2,1-6H3,(H,30,35);1H. The molecule has 0 saturated carbocycles. The number of phenolic OH excluding ortho intramolecular Hbond substituents is 1. The van der Waals surface area contributed by atoms with Gasteiger partial charge >= 0.3 is 0 Å². The van der Waals surface area contributed by atoms with E-state index in [4.69, 9.17) is 0 Å². The van der Waals surface area contributed by atoms with Crippen LogP contribution >= 0.6 is 12.4 Å². The van der Waals surface area contributed by atoms with Crippen LogP contribution in [0.4, 0.5) is 11.4 Å². The fourth-order valence-electron chi connectivity index (χ4n) is 5.28. The number of hydrogen-bond acceptors (Lipinski definition) is 4. The van der Waals surface area contributed by atoms with E-state index >= 15 is 0 Å². The second-order valence-electron chi connectivity index (χ2n) is 11.4. The number of nitrogens with one attached hydrogen (secondary N) is 1. The predicted molar refractivity (Wildman–Crippen MR) is 148 cm³/mol. The summed E-state index contributed by atoms with van der Waals surface area (Å²) in [7, 11) is 0. The normalized spacial score (nSPS) is 17.4. The fourth-order valence-corrected chi connectivity index (χ4v) is 5.28. The molecule has 2 N–H and O–H groups in total. The van der Waals surface area contributed by atoms with E-state index < -0.39 is 6.04 Å². The summed E-state index contributed by atoms with van der Waals surface area (Å²) in [5.41, 5.74) is 5.97. The van der Waals surface area contributed by atoms with Gasteiger partial charge in [0.05, 0.1) is 0 Å². The smallest absolute Gasteiger partial charge is 0.251 e. The maximum Gasteiger partial charge on any atom is 0.251 e. The minimum Gasteiger partial charge on any atom is -0.507 e. The molecule has 1 unspecified atom stereocenters. The number of nitrogens with zero attached hydrogens (tertiary/aromatic N) is 2. The SMILES string of the molecule is Cc1cc(NC(=O)C2c3cc(N4CCCC4)ccc3CCN2C(=O)CC(C)(C)C)c(C)c(C)c1O.Cl. The van der Waals surface area contributed by atoms with E-state index in [1.54, 1.807) is 11.0 Å². The number of anilines is 2. The van der Waals surface area contributed by atoms with Crippen molar-refractivity contribution >= 4 is 35.6 Å². The summed E-state index contributed by atoms with van der Waals surface area (Å²) in [5.74, 6) is 0.0461. The minimum atomic E-state index is -0.690. The first-order valence-corrected chi connectivity index (χ1v) is 12.7. The van der Waals surface area contributed by atoms with Gasteiger partial charge in [0.25, 0.3) is 5.91 Å². The third-order valence-corrected chi connectivity index (χ3v) is 7.39. The van der Waals surface area contributed by atoms with Crippen molar-refractivity contribution < 1.29 is 14.7 Å². The van der Waals surface area contributed by atoms with Crippen molar-refractivity contribution in [1.29, 1.82) is 0 Å². The number of benzene rings is 2. The van der Waals surface area contributed by atoms with Crippen LogP contribution in [0.5, 0.6) is 5.75 Å². The number of carbonyl (C=O) groups is 2. The molecule has 2 amide bonds. The Kier molecular flexibility index (Phi) is 8.29. The molecule has 196 valence electrons. The maximum absolute atomic E-state index is 13.9. The van der Waals surface area contributed by atoms with Crippen LogP contribution in [0.15, 0.2) is 24.3 Å². The van der Waals surface area contributed by atoms with E-state index in [0.717, 1.165) is 47.5 Å². The van der Waals surface area contributed by atoms with Crippen LogP contribution in [-0.2, 0) is 16.0 Å². The monoisotopic (exact) mass is 513 g/mol. The van der Waals surface area contributed by atoms with Gasteiger partial charge < -0.3 is 20.2 Å². The zero-order chi connectivity index (χ0) is 25.5. The Bertz CT molecular complexity index is 1150. The molecule has 2 aromatic rings. The first kappa shape index (κ1) is 27.9. The maximum atomic E-state index is 13.9. The largest absolute Gasteiger partial charge is 0.507 e. The van der Waals surface area contributed by atoms with E-state index in [1.165, 1.54) is 12.8 Å². The minimum absolute atomic E-state index is 0. The fraction of sp³-hybridized carbons (Fsp3) is 0.517. The van der Waals surface area contributed by atoms with E-state index in [9.17, 15) is 14.7 Å². The van der Waals surface area contributed by atoms with Crippen LogP contribution in [0, 0.1) is 26.2 Å². The number of carbonyl (C=O) groups excluding carboxylic acids is 2. The highest BCUT2D eigenvalue weighted by Gasteiger charge is 2.37. The summed E-state index contributed by atoms with van der Waals surface area (Å²) in [4.78, 5) is 31.5. The molecule has 2 aliphatic heterocycles. The Labute approximate surface area is 221 Å². The summed E-state index contributed by atoms with van der Waals surface area (Å²) < 4.78 is 0. The number of aromatic hydroxyl groups is 1. The highest BCUT2D eigenvalue weighted by Crippen LogP contribution is 2.37. The predicted octanol–water partition coefficient (Wildman–Crippen LogP) is 5.84. The Hall–Kier alpha value is -2.73.